The molecule has 1 aromatic rings. The number of carbonyl (C=O) groups is 1. The monoisotopic (exact) mass is 373 g/mol. The summed E-state index contributed by atoms with van der Waals surface area (Å²) in [7, 11) is -2.53. The highest BCUT2D eigenvalue weighted by molar-refractivity contribution is 7.89. The Labute approximate surface area is 146 Å². The molecule has 0 bridgehead atoms. The van der Waals surface area contributed by atoms with Crippen LogP contribution in [0.4, 0.5) is 0 Å². The van der Waals surface area contributed by atoms with Crippen molar-refractivity contribution < 1.29 is 23.1 Å². The second-order valence-electron chi connectivity index (χ2n) is 6.33. The molecule has 1 heterocycles. The average molecular weight is 374 g/mol. The molecule has 0 amide bonds. The van der Waals surface area contributed by atoms with Gasteiger partial charge in [-0.05, 0) is 37.3 Å². The van der Waals surface area contributed by atoms with E-state index in [1.165, 1.54) is 29.6 Å². The second-order valence-corrected chi connectivity index (χ2v) is 8.58. The molecule has 1 N–H and O–H groups in total. The lowest BCUT2D eigenvalue weighted by atomic mass is 9.85. The Morgan fingerprint density at radius 3 is 2.71 bits per heavy atom. The summed E-state index contributed by atoms with van der Waals surface area (Å²) >= 11 is 5.97. The van der Waals surface area contributed by atoms with E-state index in [0.717, 1.165) is 19.3 Å². The number of aliphatic carboxylic acids is 1. The lowest BCUT2D eigenvalue weighted by Gasteiger charge is -2.32. The highest BCUT2D eigenvalue weighted by Crippen LogP contribution is 2.43. The normalized spacial score (nSPS) is 27.7. The van der Waals surface area contributed by atoms with Crippen molar-refractivity contribution in [3.05, 3.63) is 23.2 Å². The highest BCUT2D eigenvalue weighted by Gasteiger charge is 2.51. The fraction of sp³-hybridized carbons (Fsp3) is 0.562. The number of halogens is 1. The lowest BCUT2D eigenvalue weighted by Crippen LogP contribution is -2.46. The standard InChI is InChI=1S/C16H20ClNO5S/c1-23-15-9-11(6-7-12(15)17)24(21,22)18-13-5-3-2-4-10(13)8-14(18)16(19)20/h6-7,9-10,13-14H,2-5,8H2,1H3,(H,19,20). The number of carboxylic acids is 1. The Morgan fingerprint density at radius 1 is 1.33 bits per heavy atom. The first kappa shape index (κ1) is 17.5. The third-order valence-corrected chi connectivity index (χ3v) is 7.25. The number of ether oxygens (including phenoxy) is 1. The maximum atomic E-state index is 13.1. The van der Waals surface area contributed by atoms with E-state index >= 15 is 0 Å². The molecule has 1 saturated heterocycles. The van der Waals surface area contributed by atoms with Gasteiger partial charge in [0, 0.05) is 12.1 Å². The molecule has 1 aromatic carbocycles. The first-order chi connectivity index (χ1) is 11.4. The Morgan fingerprint density at radius 2 is 2.04 bits per heavy atom. The van der Waals surface area contributed by atoms with Crippen LogP contribution < -0.4 is 4.74 Å². The summed E-state index contributed by atoms with van der Waals surface area (Å²) in [5, 5.41) is 9.84. The van der Waals surface area contributed by atoms with E-state index in [1.807, 2.05) is 0 Å². The van der Waals surface area contributed by atoms with Crippen LogP contribution in [-0.2, 0) is 14.8 Å². The molecule has 0 aromatic heterocycles. The second kappa shape index (κ2) is 6.54. The molecular formula is C16H20ClNO5S. The summed E-state index contributed by atoms with van der Waals surface area (Å²) in [4.78, 5) is 11.7. The maximum absolute atomic E-state index is 13.1. The van der Waals surface area contributed by atoms with Crippen molar-refractivity contribution in [3.63, 3.8) is 0 Å². The molecule has 3 atom stereocenters. The molecule has 24 heavy (non-hydrogen) atoms. The molecule has 0 radical (unpaired) electrons. The maximum Gasteiger partial charge on any atom is 0.322 e. The van der Waals surface area contributed by atoms with E-state index in [-0.39, 0.29) is 22.6 Å². The first-order valence-electron chi connectivity index (χ1n) is 7.96. The molecule has 8 heteroatoms. The Hall–Kier alpha value is -1.31. The van der Waals surface area contributed by atoms with Gasteiger partial charge < -0.3 is 9.84 Å². The van der Waals surface area contributed by atoms with Gasteiger partial charge in [0.1, 0.15) is 11.8 Å². The fourth-order valence-electron chi connectivity index (χ4n) is 3.90. The van der Waals surface area contributed by atoms with Crippen LogP contribution in [0.1, 0.15) is 32.1 Å². The number of carboxylic acid groups (broad SMARTS) is 1. The quantitative estimate of drug-likeness (QED) is 0.877. The van der Waals surface area contributed by atoms with Gasteiger partial charge in [-0.1, -0.05) is 24.4 Å². The van der Waals surface area contributed by atoms with E-state index in [2.05, 4.69) is 0 Å². The van der Waals surface area contributed by atoms with Crippen molar-refractivity contribution in [1.29, 1.82) is 0 Å². The summed E-state index contributed by atoms with van der Waals surface area (Å²) in [5.74, 6) is -0.721. The van der Waals surface area contributed by atoms with Gasteiger partial charge in [0.2, 0.25) is 10.0 Å². The number of nitrogens with zero attached hydrogens (tertiary/aromatic N) is 1. The molecule has 6 nitrogen and oxygen atoms in total. The third kappa shape index (κ3) is 2.89. The van der Waals surface area contributed by atoms with E-state index in [1.54, 1.807) is 0 Å². The van der Waals surface area contributed by atoms with Gasteiger partial charge in [-0.25, -0.2) is 8.42 Å². The molecule has 2 fully saturated rings. The Kier molecular flexibility index (Phi) is 4.77. The van der Waals surface area contributed by atoms with E-state index in [9.17, 15) is 18.3 Å². The number of hydrogen-bond acceptors (Lipinski definition) is 4. The first-order valence-corrected chi connectivity index (χ1v) is 9.78. The number of rotatable bonds is 4. The Bertz CT molecular complexity index is 751. The Balaban J connectivity index is 2.04. The smallest absolute Gasteiger partial charge is 0.322 e. The summed E-state index contributed by atoms with van der Waals surface area (Å²) < 4.78 is 32.6. The lowest BCUT2D eigenvalue weighted by molar-refractivity contribution is -0.141. The van der Waals surface area contributed by atoms with E-state index in [0.29, 0.717) is 17.9 Å². The summed E-state index contributed by atoms with van der Waals surface area (Å²) in [6, 6.07) is 2.95. The number of methoxy groups -OCH3 is 1. The summed E-state index contributed by atoms with van der Waals surface area (Å²) in [6.45, 7) is 0. The van der Waals surface area contributed by atoms with Crippen molar-refractivity contribution in [2.24, 2.45) is 5.92 Å². The average Bonchev–Trinajstić information content (AvgIpc) is 2.95. The van der Waals surface area contributed by atoms with Crippen LogP contribution in [-0.4, -0.2) is 43.0 Å². The zero-order valence-corrected chi connectivity index (χ0v) is 14.9. The zero-order chi connectivity index (χ0) is 17.5. The molecule has 0 spiro atoms. The largest absolute Gasteiger partial charge is 0.495 e. The topological polar surface area (TPSA) is 83.9 Å². The van der Waals surface area contributed by atoms with E-state index < -0.39 is 22.0 Å². The fourth-order valence-corrected chi connectivity index (χ4v) is 5.98. The molecule has 1 aliphatic heterocycles. The SMILES string of the molecule is COc1cc(S(=O)(=O)N2C(C(=O)O)CC3CCCCC32)ccc1Cl. The summed E-state index contributed by atoms with van der Waals surface area (Å²) in [5.41, 5.74) is 0. The van der Waals surface area contributed by atoms with Crippen molar-refractivity contribution in [2.75, 3.05) is 7.11 Å². The zero-order valence-electron chi connectivity index (χ0n) is 13.3. The number of fused-ring (bicyclic) bond motifs is 1. The number of sulfonamides is 1. The van der Waals surface area contributed by atoms with Crippen LogP contribution in [0.3, 0.4) is 0 Å². The van der Waals surface area contributed by atoms with Gasteiger partial charge in [0.05, 0.1) is 17.0 Å². The number of benzene rings is 1. The minimum atomic E-state index is -3.94. The van der Waals surface area contributed by atoms with Crippen molar-refractivity contribution in [2.45, 2.75) is 49.1 Å². The van der Waals surface area contributed by atoms with Gasteiger partial charge >= 0.3 is 5.97 Å². The van der Waals surface area contributed by atoms with Gasteiger partial charge in [-0.2, -0.15) is 4.31 Å². The van der Waals surface area contributed by atoms with Crippen molar-refractivity contribution in [1.82, 2.24) is 4.31 Å². The van der Waals surface area contributed by atoms with Gasteiger partial charge in [-0.15, -0.1) is 0 Å². The van der Waals surface area contributed by atoms with Crippen LogP contribution in [0.25, 0.3) is 0 Å². The van der Waals surface area contributed by atoms with Crippen molar-refractivity contribution in [3.8, 4) is 5.75 Å². The molecular weight excluding hydrogens is 354 g/mol. The molecule has 3 unspecified atom stereocenters. The van der Waals surface area contributed by atoms with Crippen LogP contribution >= 0.6 is 11.6 Å². The third-order valence-electron chi connectivity index (χ3n) is 5.01. The number of hydrogen-bond donors (Lipinski definition) is 1. The molecule has 132 valence electrons. The minimum Gasteiger partial charge on any atom is -0.495 e. The molecule has 2 aliphatic rings. The van der Waals surface area contributed by atoms with Crippen LogP contribution in [0.5, 0.6) is 5.75 Å². The minimum absolute atomic E-state index is 0.0150. The van der Waals surface area contributed by atoms with Crippen LogP contribution in [0.2, 0.25) is 5.02 Å². The van der Waals surface area contributed by atoms with Gasteiger partial charge in [0.15, 0.2) is 0 Å². The summed E-state index contributed by atoms with van der Waals surface area (Å²) in [6.07, 6.45) is 3.91. The van der Waals surface area contributed by atoms with Crippen LogP contribution in [0, 0.1) is 5.92 Å². The molecule has 1 saturated carbocycles. The van der Waals surface area contributed by atoms with Crippen LogP contribution in [0.15, 0.2) is 23.1 Å². The predicted molar refractivity (Wildman–Crippen MR) is 88.8 cm³/mol. The van der Waals surface area contributed by atoms with Gasteiger partial charge in [0.25, 0.3) is 0 Å². The predicted octanol–water partition coefficient (Wildman–Crippen LogP) is 2.76. The van der Waals surface area contributed by atoms with Gasteiger partial charge in [-0.3, -0.25) is 4.79 Å². The molecule has 3 rings (SSSR count). The van der Waals surface area contributed by atoms with Crippen molar-refractivity contribution >= 4 is 27.6 Å². The highest BCUT2D eigenvalue weighted by atomic mass is 35.5. The van der Waals surface area contributed by atoms with E-state index in [4.69, 9.17) is 16.3 Å². The molecule has 1 aliphatic carbocycles.